The van der Waals surface area contributed by atoms with Gasteiger partial charge in [0.25, 0.3) is 0 Å². The van der Waals surface area contributed by atoms with Gasteiger partial charge < -0.3 is 5.32 Å². The summed E-state index contributed by atoms with van der Waals surface area (Å²) in [5.74, 6) is 0.932. The average molecular weight is 262 g/mol. The van der Waals surface area contributed by atoms with Gasteiger partial charge in [-0.2, -0.15) is 0 Å². The molecule has 2 saturated carbocycles. The maximum absolute atomic E-state index is 3.96. The molecule has 1 heterocycles. The minimum atomic E-state index is 0.379. The number of rotatable bonds is 3. The maximum Gasteiger partial charge on any atom is 0.0338 e. The monoisotopic (exact) mass is 262 g/mol. The van der Waals surface area contributed by atoms with Gasteiger partial charge in [0, 0.05) is 30.7 Å². The van der Waals surface area contributed by atoms with Crippen molar-refractivity contribution >= 4 is 0 Å². The lowest BCUT2D eigenvalue weighted by atomic mass is 9.75. The second-order valence-corrected chi connectivity index (χ2v) is 7.28. The number of hydrogen-bond donors (Lipinski definition) is 1. The molecule has 2 heteroatoms. The molecule has 108 valence electrons. The lowest BCUT2D eigenvalue weighted by Gasteiger charge is -2.55. The van der Waals surface area contributed by atoms with Crippen molar-refractivity contribution < 1.29 is 0 Å². The Bertz CT molecular complexity index is 339. The Labute approximate surface area is 118 Å². The van der Waals surface area contributed by atoms with Crippen LogP contribution >= 0.6 is 0 Å². The SMILES string of the molecule is C/C=C/CN1CC(C)(C2CC2)NCC12CCCCC2. The van der Waals surface area contributed by atoms with E-state index in [9.17, 15) is 0 Å². The summed E-state index contributed by atoms with van der Waals surface area (Å²) in [5, 5.41) is 3.96. The van der Waals surface area contributed by atoms with Gasteiger partial charge in [0.15, 0.2) is 0 Å². The van der Waals surface area contributed by atoms with Crippen LogP contribution in [0, 0.1) is 5.92 Å². The predicted octanol–water partition coefficient (Wildman–Crippen LogP) is 3.34. The van der Waals surface area contributed by atoms with Crippen molar-refractivity contribution in [1.82, 2.24) is 10.2 Å². The molecule has 3 fully saturated rings. The summed E-state index contributed by atoms with van der Waals surface area (Å²) in [7, 11) is 0. The summed E-state index contributed by atoms with van der Waals surface area (Å²) < 4.78 is 0. The predicted molar refractivity (Wildman–Crippen MR) is 81.3 cm³/mol. The van der Waals surface area contributed by atoms with E-state index in [1.165, 1.54) is 58.0 Å². The van der Waals surface area contributed by atoms with Gasteiger partial charge in [0.2, 0.25) is 0 Å². The Morgan fingerprint density at radius 1 is 1.21 bits per heavy atom. The van der Waals surface area contributed by atoms with Gasteiger partial charge in [-0.05, 0) is 45.4 Å². The van der Waals surface area contributed by atoms with Crippen molar-refractivity contribution in [3.05, 3.63) is 12.2 Å². The van der Waals surface area contributed by atoms with Crippen LogP contribution in [0.15, 0.2) is 12.2 Å². The molecular formula is C17H30N2. The van der Waals surface area contributed by atoms with Crippen molar-refractivity contribution in [3.63, 3.8) is 0 Å². The zero-order valence-electron chi connectivity index (χ0n) is 12.8. The topological polar surface area (TPSA) is 15.3 Å². The molecule has 0 radical (unpaired) electrons. The van der Waals surface area contributed by atoms with E-state index >= 15 is 0 Å². The second-order valence-electron chi connectivity index (χ2n) is 7.28. The molecule has 1 spiro atoms. The molecular weight excluding hydrogens is 232 g/mol. The van der Waals surface area contributed by atoms with E-state index in [0.29, 0.717) is 11.1 Å². The van der Waals surface area contributed by atoms with E-state index in [0.717, 1.165) is 12.5 Å². The quantitative estimate of drug-likeness (QED) is 0.785. The van der Waals surface area contributed by atoms with Gasteiger partial charge in [-0.1, -0.05) is 31.4 Å². The average Bonchev–Trinajstić information content (AvgIpc) is 3.26. The van der Waals surface area contributed by atoms with Crippen molar-refractivity contribution in [2.24, 2.45) is 5.92 Å². The van der Waals surface area contributed by atoms with Crippen LogP contribution in [0.4, 0.5) is 0 Å². The Hall–Kier alpha value is -0.340. The van der Waals surface area contributed by atoms with Gasteiger partial charge >= 0.3 is 0 Å². The van der Waals surface area contributed by atoms with Gasteiger partial charge in [0.1, 0.15) is 0 Å². The smallest absolute Gasteiger partial charge is 0.0338 e. The van der Waals surface area contributed by atoms with Crippen LogP contribution < -0.4 is 5.32 Å². The van der Waals surface area contributed by atoms with E-state index in [1.54, 1.807) is 0 Å². The number of hydrogen-bond acceptors (Lipinski definition) is 2. The Balaban J connectivity index is 1.76. The summed E-state index contributed by atoms with van der Waals surface area (Å²) in [5.41, 5.74) is 0.844. The zero-order valence-corrected chi connectivity index (χ0v) is 12.8. The molecule has 0 amide bonds. The largest absolute Gasteiger partial charge is 0.308 e. The van der Waals surface area contributed by atoms with Crippen molar-refractivity contribution in [2.75, 3.05) is 19.6 Å². The van der Waals surface area contributed by atoms with E-state index in [-0.39, 0.29) is 0 Å². The summed E-state index contributed by atoms with van der Waals surface area (Å²) in [4.78, 5) is 2.82. The summed E-state index contributed by atoms with van der Waals surface area (Å²) in [6.45, 7) is 8.24. The summed E-state index contributed by atoms with van der Waals surface area (Å²) in [6, 6.07) is 0. The lowest BCUT2D eigenvalue weighted by molar-refractivity contribution is -0.0124. The van der Waals surface area contributed by atoms with Crippen LogP contribution in [0.2, 0.25) is 0 Å². The molecule has 1 N–H and O–H groups in total. The Morgan fingerprint density at radius 2 is 1.95 bits per heavy atom. The second kappa shape index (κ2) is 5.21. The normalized spacial score (nSPS) is 36.1. The molecule has 1 saturated heterocycles. The highest BCUT2D eigenvalue weighted by molar-refractivity contribution is 5.10. The molecule has 0 aromatic rings. The minimum Gasteiger partial charge on any atom is -0.308 e. The van der Waals surface area contributed by atoms with Crippen LogP contribution in [-0.2, 0) is 0 Å². The summed E-state index contributed by atoms with van der Waals surface area (Å²) in [6.07, 6.45) is 14.5. The third-order valence-corrected chi connectivity index (χ3v) is 5.84. The van der Waals surface area contributed by atoms with Gasteiger partial charge in [-0.15, -0.1) is 0 Å². The number of nitrogens with zero attached hydrogens (tertiary/aromatic N) is 1. The molecule has 1 unspecified atom stereocenters. The van der Waals surface area contributed by atoms with Crippen LogP contribution in [0.1, 0.15) is 58.8 Å². The van der Waals surface area contributed by atoms with Crippen LogP contribution in [-0.4, -0.2) is 35.6 Å². The number of nitrogens with one attached hydrogen (secondary N) is 1. The fourth-order valence-electron chi connectivity index (χ4n) is 4.29. The minimum absolute atomic E-state index is 0.379. The molecule has 0 bridgehead atoms. The first kappa shape index (κ1) is 13.6. The Morgan fingerprint density at radius 3 is 2.58 bits per heavy atom. The van der Waals surface area contributed by atoms with E-state index < -0.39 is 0 Å². The molecule has 19 heavy (non-hydrogen) atoms. The van der Waals surface area contributed by atoms with Gasteiger partial charge in [0.05, 0.1) is 0 Å². The highest BCUT2D eigenvalue weighted by atomic mass is 15.3. The molecule has 3 rings (SSSR count). The van der Waals surface area contributed by atoms with E-state index in [1.807, 2.05) is 0 Å². The van der Waals surface area contributed by atoms with Crippen LogP contribution in [0.25, 0.3) is 0 Å². The van der Waals surface area contributed by atoms with E-state index in [2.05, 4.69) is 36.2 Å². The first-order chi connectivity index (χ1) is 9.19. The Kier molecular flexibility index (Phi) is 3.74. The molecule has 2 aliphatic carbocycles. The van der Waals surface area contributed by atoms with Crippen molar-refractivity contribution in [2.45, 2.75) is 69.9 Å². The summed E-state index contributed by atoms with van der Waals surface area (Å²) >= 11 is 0. The molecule has 2 nitrogen and oxygen atoms in total. The molecule has 1 atom stereocenters. The molecule has 0 aromatic heterocycles. The molecule has 3 aliphatic rings. The maximum atomic E-state index is 3.96. The van der Waals surface area contributed by atoms with Crippen LogP contribution in [0.3, 0.4) is 0 Å². The third kappa shape index (κ3) is 2.62. The standard InChI is InChI=1S/C17H30N2/c1-3-4-12-19-14-16(2,15-8-9-15)18-13-17(19)10-6-5-7-11-17/h3-4,15,18H,5-14H2,1-2H3/b4-3+. The fraction of sp³-hybridized carbons (Fsp3) is 0.882. The lowest BCUT2D eigenvalue weighted by Crippen LogP contribution is -2.70. The van der Waals surface area contributed by atoms with Crippen LogP contribution in [0.5, 0.6) is 0 Å². The highest BCUT2D eigenvalue weighted by Crippen LogP contribution is 2.45. The molecule has 0 aromatic carbocycles. The number of piperazine rings is 1. The fourth-order valence-corrected chi connectivity index (χ4v) is 4.29. The highest BCUT2D eigenvalue weighted by Gasteiger charge is 2.50. The van der Waals surface area contributed by atoms with Crippen molar-refractivity contribution in [3.8, 4) is 0 Å². The van der Waals surface area contributed by atoms with Gasteiger partial charge in [-0.25, -0.2) is 0 Å². The van der Waals surface area contributed by atoms with Crippen molar-refractivity contribution in [1.29, 1.82) is 0 Å². The zero-order chi connectivity index (χ0) is 13.3. The first-order valence-electron chi connectivity index (χ1n) is 8.30. The number of allylic oxidation sites excluding steroid dienone is 1. The van der Waals surface area contributed by atoms with Gasteiger partial charge in [-0.3, -0.25) is 4.90 Å². The first-order valence-corrected chi connectivity index (χ1v) is 8.30. The van der Waals surface area contributed by atoms with E-state index in [4.69, 9.17) is 0 Å². The molecule has 1 aliphatic heterocycles. The third-order valence-electron chi connectivity index (χ3n) is 5.84.